The maximum absolute atomic E-state index is 11.7. The van der Waals surface area contributed by atoms with Crippen LogP contribution in [0.4, 0.5) is 0 Å². The third kappa shape index (κ3) is 2.79. The lowest BCUT2D eigenvalue weighted by Crippen LogP contribution is -2.05. The third-order valence-corrected chi connectivity index (χ3v) is 2.41. The number of aromatic hydroxyl groups is 2. The topological polar surface area (TPSA) is 66.8 Å². The predicted molar refractivity (Wildman–Crippen MR) is 65.3 cm³/mol. The van der Waals surface area contributed by atoms with Crippen LogP contribution in [-0.4, -0.2) is 16.2 Å². The quantitative estimate of drug-likeness (QED) is 0.643. The van der Waals surface area contributed by atoms with Crippen molar-refractivity contribution < 1.29 is 19.7 Å². The van der Waals surface area contributed by atoms with Crippen LogP contribution < -0.4 is 0 Å². The molecule has 2 N–H and O–H groups in total. The first-order valence-corrected chi connectivity index (χ1v) is 5.40. The minimum atomic E-state index is -0.674. The number of ether oxygens (including phenoxy) is 1. The molecule has 0 amide bonds. The molecule has 18 heavy (non-hydrogen) atoms. The van der Waals surface area contributed by atoms with Gasteiger partial charge in [0.1, 0.15) is 23.7 Å². The van der Waals surface area contributed by atoms with Gasteiger partial charge < -0.3 is 14.9 Å². The molecule has 0 bridgehead atoms. The lowest BCUT2D eigenvalue weighted by Gasteiger charge is -2.06. The zero-order valence-corrected chi connectivity index (χ0v) is 9.54. The van der Waals surface area contributed by atoms with Crippen LogP contribution >= 0.6 is 0 Å². The van der Waals surface area contributed by atoms with Gasteiger partial charge in [0.05, 0.1) is 0 Å². The molecular formula is C14H12O4. The fraction of sp³-hybridized carbons (Fsp3) is 0.0714. The summed E-state index contributed by atoms with van der Waals surface area (Å²) in [5, 5.41) is 18.7. The minimum Gasteiger partial charge on any atom is -0.508 e. The third-order valence-electron chi connectivity index (χ3n) is 2.41. The van der Waals surface area contributed by atoms with Crippen LogP contribution in [0.15, 0.2) is 48.5 Å². The molecule has 0 heterocycles. The minimum absolute atomic E-state index is 0.0501. The van der Waals surface area contributed by atoms with E-state index in [4.69, 9.17) is 4.74 Å². The molecule has 0 unspecified atom stereocenters. The SMILES string of the molecule is O=C(OCc1ccccc1)c1cc(O)ccc1O. The van der Waals surface area contributed by atoms with E-state index in [0.29, 0.717) is 0 Å². The Hall–Kier alpha value is -2.49. The van der Waals surface area contributed by atoms with Crippen molar-refractivity contribution in [3.8, 4) is 11.5 Å². The molecule has 4 nitrogen and oxygen atoms in total. The summed E-state index contributed by atoms with van der Waals surface area (Å²) in [6, 6.07) is 12.9. The summed E-state index contributed by atoms with van der Waals surface area (Å²) in [5.41, 5.74) is 0.802. The van der Waals surface area contributed by atoms with Crippen molar-refractivity contribution in [3.05, 3.63) is 59.7 Å². The lowest BCUT2D eigenvalue weighted by atomic mass is 10.2. The van der Waals surface area contributed by atoms with Crippen LogP contribution in [0.1, 0.15) is 15.9 Å². The van der Waals surface area contributed by atoms with E-state index in [-0.39, 0.29) is 23.7 Å². The number of carbonyl (C=O) groups excluding carboxylic acids is 1. The van der Waals surface area contributed by atoms with Gasteiger partial charge in [-0.05, 0) is 23.8 Å². The second-order valence-electron chi connectivity index (χ2n) is 3.76. The molecule has 2 rings (SSSR count). The Labute approximate surface area is 104 Å². The van der Waals surface area contributed by atoms with Gasteiger partial charge in [-0.25, -0.2) is 4.79 Å². The average Bonchev–Trinajstić information content (AvgIpc) is 2.40. The molecule has 0 atom stereocenters. The number of hydrogen-bond acceptors (Lipinski definition) is 4. The number of hydrogen-bond donors (Lipinski definition) is 2. The molecule has 0 saturated carbocycles. The molecule has 92 valence electrons. The first-order valence-electron chi connectivity index (χ1n) is 5.40. The van der Waals surface area contributed by atoms with Gasteiger partial charge in [-0.1, -0.05) is 30.3 Å². The van der Waals surface area contributed by atoms with E-state index < -0.39 is 5.97 Å². The number of esters is 1. The monoisotopic (exact) mass is 244 g/mol. The van der Waals surface area contributed by atoms with E-state index in [1.165, 1.54) is 18.2 Å². The Balaban J connectivity index is 2.06. The maximum atomic E-state index is 11.7. The molecule has 0 saturated heterocycles. The Kier molecular flexibility index (Phi) is 3.48. The Bertz CT molecular complexity index is 549. The summed E-state index contributed by atoms with van der Waals surface area (Å²) in [5.74, 6) is -0.988. The van der Waals surface area contributed by atoms with Crippen molar-refractivity contribution in [2.45, 2.75) is 6.61 Å². The highest BCUT2D eigenvalue weighted by molar-refractivity contribution is 5.92. The van der Waals surface area contributed by atoms with Crippen molar-refractivity contribution in [2.24, 2.45) is 0 Å². The molecule has 0 radical (unpaired) electrons. The van der Waals surface area contributed by atoms with Gasteiger partial charge in [0.25, 0.3) is 0 Å². The molecule has 2 aromatic rings. The molecule has 2 aromatic carbocycles. The summed E-state index contributed by atoms with van der Waals surface area (Å²) in [4.78, 5) is 11.7. The van der Waals surface area contributed by atoms with Gasteiger partial charge in [0.2, 0.25) is 0 Å². The first-order chi connectivity index (χ1) is 8.66. The molecule has 0 aliphatic carbocycles. The van der Waals surface area contributed by atoms with Crippen molar-refractivity contribution in [1.82, 2.24) is 0 Å². The fourth-order valence-electron chi connectivity index (χ4n) is 1.49. The molecule has 0 aromatic heterocycles. The molecule has 4 heteroatoms. The molecule has 0 aliphatic heterocycles. The second-order valence-corrected chi connectivity index (χ2v) is 3.76. The zero-order chi connectivity index (χ0) is 13.0. The van der Waals surface area contributed by atoms with Crippen LogP contribution in [0.25, 0.3) is 0 Å². The fourth-order valence-corrected chi connectivity index (χ4v) is 1.49. The van der Waals surface area contributed by atoms with E-state index in [9.17, 15) is 15.0 Å². The summed E-state index contributed by atoms with van der Waals surface area (Å²) in [6.45, 7) is 0.120. The van der Waals surface area contributed by atoms with Crippen LogP contribution in [0.2, 0.25) is 0 Å². The Morgan fingerprint density at radius 2 is 1.78 bits per heavy atom. The highest BCUT2D eigenvalue weighted by atomic mass is 16.5. The maximum Gasteiger partial charge on any atom is 0.342 e. The molecular weight excluding hydrogens is 232 g/mol. The second kappa shape index (κ2) is 5.23. The highest BCUT2D eigenvalue weighted by Crippen LogP contribution is 2.23. The number of carbonyl (C=O) groups is 1. The van der Waals surface area contributed by atoms with Crippen molar-refractivity contribution in [3.63, 3.8) is 0 Å². The van der Waals surface area contributed by atoms with Crippen LogP contribution in [0, 0.1) is 0 Å². The van der Waals surface area contributed by atoms with E-state index >= 15 is 0 Å². The van der Waals surface area contributed by atoms with Crippen LogP contribution in [0.3, 0.4) is 0 Å². The summed E-state index contributed by atoms with van der Waals surface area (Å²) >= 11 is 0. The summed E-state index contributed by atoms with van der Waals surface area (Å²) < 4.78 is 5.04. The Morgan fingerprint density at radius 1 is 1.06 bits per heavy atom. The predicted octanol–water partition coefficient (Wildman–Crippen LogP) is 2.45. The normalized spacial score (nSPS) is 10.0. The highest BCUT2D eigenvalue weighted by Gasteiger charge is 2.13. The van der Waals surface area contributed by atoms with Gasteiger partial charge in [0, 0.05) is 0 Å². The Morgan fingerprint density at radius 3 is 2.50 bits per heavy atom. The molecule has 0 spiro atoms. The molecule has 0 aliphatic rings. The van der Waals surface area contributed by atoms with Gasteiger partial charge in [-0.2, -0.15) is 0 Å². The van der Waals surface area contributed by atoms with Gasteiger partial charge in [-0.3, -0.25) is 0 Å². The lowest BCUT2D eigenvalue weighted by molar-refractivity contribution is 0.0469. The van der Waals surface area contributed by atoms with Crippen molar-refractivity contribution in [2.75, 3.05) is 0 Å². The largest absolute Gasteiger partial charge is 0.508 e. The van der Waals surface area contributed by atoms with Gasteiger partial charge >= 0.3 is 5.97 Å². The van der Waals surface area contributed by atoms with Crippen LogP contribution in [-0.2, 0) is 11.3 Å². The summed E-state index contributed by atoms with van der Waals surface area (Å²) in [6.07, 6.45) is 0. The van der Waals surface area contributed by atoms with E-state index in [2.05, 4.69) is 0 Å². The van der Waals surface area contributed by atoms with Crippen molar-refractivity contribution in [1.29, 1.82) is 0 Å². The van der Waals surface area contributed by atoms with Gasteiger partial charge in [0.15, 0.2) is 0 Å². The average molecular weight is 244 g/mol. The zero-order valence-electron chi connectivity index (χ0n) is 9.54. The number of phenols is 2. The van der Waals surface area contributed by atoms with E-state index in [0.717, 1.165) is 5.56 Å². The number of benzene rings is 2. The smallest absolute Gasteiger partial charge is 0.342 e. The van der Waals surface area contributed by atoms with E-state index in [1.54, 1.807) is 0 Å². The van der Waals surface area contributed by atoms with Crippen molar-refractivity contribution >= 4 is 5.97 Å². The number of phenolic OH excluding ortho intramolecular Hbond substituents is 2. The van der Waals surface area contributed by atoms with E-state index in [1.807, 2.05) is 30.3 Å². The summed E-state index contributed by atoms with van der Waals surface area (Å²) in [7, 11) is 0. The number of rotatable bonds is 3. The standard InChI is InChI=1S/C14H12O4/c15-11-6-7-13(16)12(8-11)14(17)18-9-10-4-2-1-3-5-10/h1-8,15-16H,9H2. The van der Waals surface area contributed by atoms with Gasteiger partial charge in [-0.15, -0.1) is 0 Å². The first kappa shape index (κ1) is 12.0. The molecule has 0 fully saturated rings. The van der Waals surface area contributed by atoms with Crippen LogP contribution in [0.5, 0.6) is 11.5 Å².